The summed E-state index contributed by atoms with van der Waals surface area (Å²) >= 11 is 0. The van der Waals surface area contributed by atoms with Gasteiger partial charge in [0.25, 0.3) is 0 Å². The minimum atomic E-state index is -0.942. The smallest absolute Gasteiger partial charge is 0.411 e. The van der Waals surface area contributed by atoms with Crippen LogP contribution in [0.2, 0.25) is 0 Å². The van der Waals surface area contributed by atoms with Crippen molar-refractivity contribution < 1.29 is 9.90 Å². The van der Waals surface area contributed by atoms with Gasteiger partial charge in [0.15, 0.2) is 0 Å². The van der Waals surface area contributed by atoms with E-state index in [9.17, 15) is 4.79 Å². The fourth-order valence-corrected chi connectivity index (χ4v) is 1.30. The fraction of sp³-hybridized carbons (Fsp3) is 0.250. The molecule has 0 aromatic carbocycles. The first-order chi connectivity index (χ1) is 6.18. The average Bonchev–Trinajstić information content (AvgIpc) is 2.47. The van der Waals surface area contributed by atoms with Crippen molar-refractivity contribution in [2.45, 2.75) is 13.5 Å². The van der Waals surface area contributed by atoms with Crippen LogP contribution < -0.4 is 0 Å². The lowest BCUT2D eigenvalue weighted by Crippen LogP contribution is -2.27. The van der Waals surface area contributed by atoms with Crippen LogP contribution in [0.1, 0.15) is 11.4 Å². The summed E-state index contributed by atoms with van der Waals surface area (Å²) in [4.78, 5) is 16.0. The van der Waals surface area contributed by atoms with E-state index < -0.39 is 6.09 Å². The standard InChI is InChI=1S/C8H9N3O2/c1-6-7-4-10(8(12)13)2-3-11(7)5-9-6/h2-3,5H,4H2,1H3,(H,12,13). The lowest BCUT2D eigenvalue weighted by atomic mass is 10.3. The summed E-state index contributed by atoms with van der Waals surface area (Å²) in [7, 11) is 0. The van der Waals surface area contributed by atoms with Gasteiger partial charge in [-0.1, -0.05) is 0 Å². The monoisotopic (exact) mass is 179 g/mol. The molecule has 5 nitrogen and oxygen atoms in total. The normalized spacial score (nSPS) is 14.4. The van der Waals surface area contributed by atoms with Gasteiger partial charge in [0.2, 0.25) is 0 Å². The zero-order chi connectivity index (χ0) is 9.42. The molecule has 1 aliphatic rings. The van der Waals surface area contributed by atoms with E-state index in [1.807, 2.05) is 11.5 Å². The molecule has 2 heterocycles. The van der Waals surface area contributed by atoms with Crippen LogP contribution in [0.3, 0.4) is 0 Å². The molecule has 0 saturated carbocycles. The SMILES string of the molecule is Cc1ncn2c1CN(C(=O)O)C=C2. The Hall–Kier alpha value is -1.78. The van der Waals surface area contributed by atoms with Crippen LogP contribution in [0, 0.1) is 6.92 Å². The molecule has 0 radical (unpaired) electrons. The topological polar surface area (TPSA) is 58.4 Å². The van der Waals surface area contributed by atoms with E-state index in [1.54, 1.807) is 12.5 Å². The van der Waals surface area contributed by atoms with Crippen molar-refractivity contribution in [3.63, 3.8) is 0 Å². The Balaban J connectivity index is 2.36. The molecule has 68 valence electrons. The molecule has 0 saturated heterocycles. The van der Waals surface area contributed by atoms with Crippen LogP contribution >= 0.6 is 0 Å². The predicted octanol–water partition coefficient (Wildman–Crippen LogP) is 1.11. The number of carbonyl (C=O) groups is 1. The number of fused-ring (bicyclic) bond motifs is 1. The van der Waals surface area contributed by atoms with Gasteiger partial charge in [0, 0.05) is 12.4 Å². The van der Waals surface area contributed by atoms with Crippen molar-refractivity contribution in [1.82, 2.24) is 14.5 Å². The molecule has 0 atom stereocenters. The maximum absolute atomic E-state index is 10.6. The van der Waals surface area contributed by atoms with Gasteiger partial charge in [-0.05, 0) is 6.92 Å². The third-order valence-corrected chi connectivity index (χ3v) is 2.08. The number of aromatic nitrogens is 2. The van der Waals surface area contributed by atoms with E-state index in [0.717, 1.165) is 11.4 Å². The van der Waals surface area contributed by atoms with Crippen molar-refractivity contribution in [2.24, 2.45) is 0 Å². The van der Waals surface area contributed by atoms with Gasteiger partial charge in [-0.25, -0.2) is 9.78 Å². The van der Waals surface area contributed by atoms with E-state index in [0.29, 0.717) is 6.54 Å². The van der Waals surface area contributed by atoms with Crippen LogP contribution in [0.4, 0.5) is 4.79 Å². The Morgan fingerprint density at radius 3 is 3.08 bits per heavy atom. The Morgan fingerprint density at radius 2 is 2.38 bits per heavy atom. The highest BCUT2D eigenvalue weighted by molar-refractivity contribution is 5.67. The number of amides is 1. The molecule has 13 heavy (non-hydrogen) atoms. The number of nitrogens with zero attached hydrogens (tertiary/aromatic N) is 3. The maximum Gasteiger partial charge on any atom is 0.411 e. The number of hydrogen-bond donors (Lipinski definition) is 1. The van der Waals surface area contributed by atoms with E-state index in [1.165, 1.54) is 11.1 Å². The summed E-state index contributed by atoms with van der Waals surface area (Å²) in [6.07, 6.45) is 3.95. The number of carboxylic acid groups (broad SMARTS) is 1. The molecule has 0 aliphatic carbocycles. The summed E-state index contributed by atoms with van der Waals surface area (Å²) < 4.78 is 1.83. The van der Waals surface area contributed by atoms with Gasteiger partial charge >= 0.3 is 6.09 Å². The van der Waals surface area contributed by atoms with Crippen molar-refractivity contribution >= 4 is 12.3 Å². The van der Waals surface area contributed by atoms with Gasteiger partial charge < -0.3 is 9.67 Å². The first-order valence-corrected chi connectivity index (χ1v) is 3.88. The highest BCUT2D eigenvalue weighted by Crippen LogP contribution is 2.15. The molecule has 1 aliphatic heterocycles. The molecular weight excluding hydrogens is 170 g/mol. The third-order valence-electron chi connectivity index (χ3n) is 2.08. The van der Waals surface area contributed by atoms with Gasteiger partial charge in [-0.2, -0.15) is 0 Å². The van der Waals surface area contributed by atoms with E-state index in [2.05, 4.69) is 4.98 Å². The van der Waals surface area contributed by atoms with E-state index >= 15 is 0 Å². The van der Waals surface area contributed by atoms with Crippen LogP contribution in [0.25, 0.3) is 6.20 Å². The number of hydrogen-bond acceptors (Lipinski definition) is 2. The van der Waals surface area contributed by atoms with Crippen LogP contribution in [-0.2, 0) is 6.54 Å². The van der Waals surface area contributed by atoms with Crippen LogP contribution in [0.5, 0.6) is 0 Å². The second-order valence-corrected chi connectivity index (χ2v) is 2.89. The Bertz CT molecular complexity index is 381. The fourth-order valence-electron chi connectivity index (χ4n) is 1.30. The largest absolute Gasteiger partial charge is 0.465 e. The molecule has 2 rings (SSSR count). The highest BCUT2D eigenvalue weighted by Gasteiger charge is 2.17. The van der Waals surface area contributed by atoms with E-state index in [4.69, 9.17) is 5.11 Å². The second-order valence-electron chi connectivity index (χ2n) is 2.89. The summed E-state index contributed by atoms with van der Waals surface area (Å²) in [6, 6.07) is 0. The zero-order valence-corrected chi connectivity index (χ0v) is 7.14. The lowest BCUT2D eigenvalue weighted by Gasteiger charge is -2.19. The molecule has 1 aromatic rings. The summed E-state index contributed by atoms with van der Waals surface area (Å²) in [5.74, 6) is 0. The lowest BCUT2D eigenvalue weighted by molar-refractivity contribution is 0.159. The number of imidazole rings is 1. The van der Waals surface area contributed by atoms with Crippen molar-refractivity contribution in [2.75, 3.05) is 0 Å². The molecule has 0 bridgehead atoms. The summed E-state index contributed by atoms with van der Waals surface area (Å²) in [6.45, 7) is 2.24. The van der Waals surface area contributed by atoms with Crippen LogP contribution in [0.15, 0.2) is 12.5 Å². The summed E-state index contributed by atoms with van der Waals surface area (Å²) in [5, 5.41) is 8.74. The highest BCUT2D eigenvalue weighted by atomic mass is 16.4. The van der Waals surface area contributed by atoms with Gasteiger partial charge in [-0.15, -0.1) is 0 Å². The molecule has 1 N–H and O–H groups in total. The van der Waals surface area contributed by atoms with Gasteiger partial charge in [-0.3, -0.25) is 4.90 Å². The van der Waals surface area contributed by atoms with Gasteiger partial charge in [0.1, 0.15) is 0 Å². The first kappa shape index (κ1) is 7.85. The molecule has 0 unspecified atom stereocenters. The predicted molar refractivity (Wildman–Crippen MR) is 45.9 cm³/mol. The quantitative estimate of drug-likeness (QED) is 0.649. The first-order valence-electron chi connectivity index (χ1n) is 3.88. The zero-order valence-electron chi connectivity index (χ0n) is 7.14. The molecule has 1 aromatic heterocycles. The van der Waals surface area contributed by atoms with Gasteiger partial charge in [0.05, 0.1) is 24.3 Å². The maximum atomic E-state index is 10.6. The summed E-state index contributed by atoms with van der Waals surface area (Å²) in [5.41, 5.74) is 1.79. The molecule has 0 fully saturated rings. The Labute approximate surface area is 74.9 Å². The Kier molecular flexibility index (Phi) is 1.58. The van der Waals surface area contributed by atoms with Crippen molar-refractivity contribution in [3.05, 3.63) is 23.9 Å². The average molecular weight is 179 g/mol. The third kappa shape index (κ3) is 1.18. The Morgan fingerprint density at radius 1 is 1.62 bits per heavy atom. The number of aryl methyl sites for hydroxylation is 1. The van der Waals surface area contributed by atoms with E-state index in [-0.39, 0.29) is 0 Å². The molecule has 5 heteroatoms. The van der Waals surface area contributed by atoms with Crippen LogP contribution in [-0.4, -0.2) is 25.7 Å². The molecule has 0 spiro atoms. The molecular formula is C8H9N3O2. The van der Waals surface area contributed by atoms with Crippen molar-refractivity contribution in [1.29, 1.82) is 0 Å². The molecule has 1 amide bonds. The van der Waals surface area contributed by atoms with Crippen molar-refractivity contribution in [3.8, 4) is 0 Å². The second kappa shape index (κ2) is 2.62. The number of rotatable bonds is 0. The minimum Gasteiger partial charge on any atom is -0.465 e. The minimum absolute atomic E-state index is 0.373.